The van der Waals surface area contributed by atoms with Crippen molar-refractivity contribution >= 4 is 46.0 Å². The number of halogens is 1. The Kier molecular flexibility index (Phi) is 3.26. The van der Waals surface area contributed by atoms with Gasteiger partial charge in [-0.2, -0.15) is 5.26 Å². The third kappa shape index (κ3) is 2.49. The zero-order chi connectivity index (χ0) is 10.8. The van der Waals surface area contributed by atoms with E-state index < -0.39 is 0 Å². The molecule has 15 heavy (non-hydrogen) atoms. The summed E-state index contributed by atoms with van der Waals surface area (Å²) in [6.45, 7) is 1.94. The fraction of sp³-hybridized carbons (Fsp3) is 0.125. The predicted molar refractivity (Wildman–Crippen MR) is 62.8 cm³/mol. The van der Waals surface area contributed by atoms with Crippen molar-refractivity contribution in [1.82, 2.24) is 9.97 Å². The summed E-state index contributed by atoms with van der Waals surface area (Å²) in [6, 6.07) is 2.00. The number of hydrogen-bond donors (Lipinski definition) is 0. The molecule has 0 spiro atoms. The van der Waals surface area contributed by atoms with Crippen LogP contribution in [0.5, 0.6) is 0 Å². The molecule has 0 N–H and O–H groups in total. The second-order valence-electron chi connectivity index (χ2n) is 2.57. The van der Waals surface area contributed by atoms with Crippen molar-refractivity contribution in [3.63, 3.8) is 0 Å². The lowest BCUT2D eigenvalue weighted by Gasteiger charge is -1.87. The van der Waals surface area contributed by atoms with Gasteiger partial charge in [-0.1, -0.05) is 22.9 Å². The normalized spacial score (nSPS) is 10.2. The average molecular weight is 274 g/mol. The van der Waals surface area contributed by atoms with Gasteiger partial charge in [0.15, 0.2) is 13.8 Å². The summed E-state index contributed by atoms with van der Waals surface area (Å²) in [4.78, 5) is 8.82. The quantitative estimate of drug-likeness (QED) is 0.839. The van der Waals surface area contributed by atoms with Crippen LogP contribution in [0.4, 0.5) is 0 Å². The molecule has 7 heteroatoms. The van der Waals surface area contributed by atoms with Crippen molar-refractivity contribution in [1.29, 1.82) is 5.26 Å². The molecule has 0 aromatic carbocycles. The van der Waals surface area contributed by atoms with Gasteiger partial charge in [0.05, 0.1) is 0 Å². The molecule has 0 fully saturated rings. The number of hydrogen-bond acceptors (Lipinski definition) is 6. The zero-order valence-corrected chi connectivity index (χ0v) is 10.7. The van der Waals surface area contributed by atoms with E-state index in [9.17, 15) is 0 Å². The molecule has 0 saturated carbocycles. The summed E-state index contributed by atoms with van der Waals surface area (Å²) >= 11 is 10.0. The molecule has 2 aromatic rings. The number of nitrogens with zero attached hydrogens (tertiary/aromatic N) is 3. The summed E-state index contributed by atoms with van der Waals surface area (Å²) in [6.07, 6.45) is 0. The summed E-state index contributed by atoms with van der Waals surface area (Å²) in [5, 5.41) is 11.0. The van der Waals surface area contributed by atoms with Crippen molar-refractivity contribution in [2.45, 2.75) is 15.6 Å². The van der Waals surface area contributed by atoms with E-state index in [-0.39, 0.29) is 5.15 Å². The van der Waals surface area contributed by atoms with Crippen LogP contribution in [0.15, 0.2) is 14.1 Å². The van der Waals surface area contributed by atoms with Gasteiger partial charge < -0.3 is 0 Å². The molecule has 2 heterocycles. The summed E-state index contributed by atoms with van der Waals surface area (Å²) in [5.74, 6) is 0. The van der Waals surface area contributed by atoms with E-state index in [4.69, 9.17) is 16.9 Å². The maximum Gasteiger partial charge on any atom is 0.159 e. The van der Waals surface area contributed by atoms with E-state index in [2.05, 4.69) is 9.97 Å². The van der Waals surface area contributed by atoms with Crippen molar-refractivity contribution in [2.24, 2.45) is 0 Å². The van der Waals surface area contributed by atoms with E-state index in [1.54, 1.807) is 11.3 Å². The van der Waals surface area contributed by atoms with Gasteiger partial charge in [0.1, 0.15) is 10.9 Å². The number of nitriles is 1. The van der Waals surface area contributed by atoms with Crippen LogP contribution in [-0.4, -0.2) is 9.97 Å². The van der Waals surface area contributed by atoms with Crippen molar-refractivity contribution in [3.8, 4) is 6.07 Å². The Morgan fingerprint density at radius 3 is 2.80 bits per heavy atom. The Bertz CT molecular complexity index is 525. The van der Waals surface area contributed by atoms with Crippen LogP contribution in [0.3, 0.4) is 0 Å². The second-order valence-corrected chi connectivity index (χ2v) is 6.28. The minimum Gasteiger partial charge on any atom is -0.235 e. The van der Waals surface area contributed by atoms with Crippen LogP contribution in [0.1, 0.15) is 10.6 Å². The highest BCUT2D eigenvalue weighted by molar-refractivity contribution is 8.02. The fourth-order valence-electron chi connectivity index (χ4n) is 0.850. The lowest BCUT2D eigenvalue weighted by Crippen LogP contribution is -1.71. The van der Waals surface area contributed by atoms with Gasteiger partial charge in [0, 0.05) is 11.1 Å². The van der Waals surface area contributed by atoms with Gasteiger partial charge in [-0.15, -0.1) is 11.3 Å². The molecule has 2 rings (SSSR count). The maximum atomic E-state index is 8.72. The first-order valence-electron chi connectivity index (χ1n) is 3.85. The highest BCUT2D eigenvalue weighted by Crippen LogP contribution is 2.35. The molecule has 0 aliphatic heterocycles. The van der Waals surface area contributed by atoms with Crippen molar-refractivity contribution < 1.29 is 0 Å². The molecule has 2 aromatic heterocycles. The van der Waals surface area contributed by atoms with Gasteiger partial charge in [0.25, 0.3) is 0 Å². The SMILES string of the molecule is Cc1csc(Sc2nc(Cl)c(C#N)s2)n1. The largest absolute Gasteiger partial charge is 0.235 e. The van der Waals surface area contributed by atoms with Crippen LogP contribution >= 0.6 is 46.0 Å². The molecule has 0 bridgehead atoms. The molecule has 0 amide bonds. The van der Waals surface area contributed by atoms with Crippen molar-refractivity contribution in [2.75, 3.05) is 0 Å². The number of aromatic nitrogens is 2. The van der Waals surface area contributed by atoms with Gasteiger partial charge in [-0.05, 0) is 18.7 Å². The number of rotatable bonds is 2. The first kappa shape index (κ1) is 10.9. The number of aryl methyl sites for hydroxylation is 1. The lowest BCUT2D eigenvalue weighted by atomic mass is 10.6. The minimum absolute atomic E-state index is 0.276. The molecule has 0 aliphatic rings. The average Bonchev–Trinajstić information content (AvgIpc) is 2.73. The number of thiazole rings is 2. The Labute approximate surface area is 104 Å². The molecule has 76 valence electrons. The first-order valence-corrected chi connectivity index (χ1v) is 6.74. The molecule has 0 saturated heterocycles. The molecular weight excluding hydrogens is 270 g/mol. The van der Waals surface area contributed by atoms with E-state index in [0.717, 1.165) is 14.4 Å². The molecule has 0 unspecified atom stereocenters. The van der Waals surface area contributed by atoms with Gasteiger partial charge in [-0.25, -0.2) is 9.97 Å². The second kappa shape index (κ2) is 4.49. The van der Waals surface area contributed by atoms with Crippen LogP contribution in [0.2, 0.25) is 5.15 Å². The zero-order valence-electron chi connectivity index (χ0n) is 7.52. The van der Waals surface area contributed by atoms with Gasteiger partial charge in [-0.3, -0.25) is 0 Å². The van der Waals surface area contributed by atoms with Gasteiger partial charge >= 0.3 is 0 Å². The Balaban J connectivity index is 2.22. The van der Waals surface area contributed by atoms with Crippen LogP contribution in [-0.2, 0) is 0 Å². The van der Waals surface area contributed by atoms with Crippen LogP contribution in [0.25, 0.3) is 0 Å². The Morgan fingerprint density at radius 2 is 2.27 bits per heavy atom. The highest BCUT2D eigenvalue weighted by Gasteiger charge is 2.11. The monoisotopic (exact) mass is 273 g/mol. The summed E-state index contributed by atoms with van der Waals surface area (Å²) in [5.41, 5.74) is 0.991. The molecule has 3 nitrogen and oxygen atoms in total. The summed E-state index contributed by atoms with van der Waals surface area (Å²) in [7, 11) is 0. The smallest absolute Gasteiger partial charge is 0.159 e. The van der Waals surface area contributed by atoms with Crippen LogP contribution < -0.4 is 0 Å². The summed E-state index contributed by atoms with van der Waals surface area (Å²) < 4.78 is 1.67. The minimum atomic E-state index is 0.276. The third-order valence-electron chi connectivity index (χ3n) is 1.44. The van der Waals surface area contributed by atoms with Crippen molar-refractivity contribution in [3.05, 3.63) is 21.1 Å². The highest BCUT2D eigenvalue weighted by atomic mass is 35.5. The van der Waals surface area contributed by atoms with E-state index in [1.807, 2.05) is 18.4 Å². The third-order valence-corrected chi connectivity index (χ3v) is 4.90. The molecule has 0 radical (unpaired) electrons. The first-order chi connectivity index (χ1) is 7.19. The fourth-order valence-corrected chi connectivity index (χ4v) is 4.06. The van der Waals surface area contributed by atoms with E-state index >= 15 is 0 Å². The molecule has 0 atom stereocenters. The Hall–Kier alpha value is -0.610. The van der Waals surface area contributed by atoms with E-state index in [0.29, 0.717) is 4.88 Å². The lowest BCUT2D eigenvalue weighted by molar-refractivity contribution is 1.15. The van der Waals surface area contributed by atoms with Gasteiger partial charge in [0.2, 0.25) is 0 Å². The predicted octanol–water partition coefficient (Wildman–Crippen LogP) is 3.58. The van der Waals surface area contributed by atoms with E-state index in [1.165, 1.54) is 23.1 Å². The molecule has 0 aliphatic carbocycles. The maximum absolute atomic E-state index is 8.72. The Morgan fingerprint density at radius 1 is 1.47 bits per heavy atom. The standard InChI is InChI=1S/C8H4ClN3S3/c1-4-3-13-7(11-4)15-8-12-6(9)5(2-10)14-8/h3H,1H3. The van der Waals surface area contributed by atoms with Crippen LogP contribution in [0, 0.1) is 18.3 Å². The molecular formula is C8H4ClN3S3. The topological polar surface area (TPSA) is 49.6 Å².